The third-order valence-electron chi connectivity index (χ3n) is 1.37. The fourth-order valence-corrected chi connectivity index (χ4v) is 2.43. The highest BCUT2D eigenvalue weighted by Gasteiger charge is 2.04. The quantitative estimate of drug-likeness (QED) is 0.692. The van der Waals surface area contributed by atoms with Crippen molar-refractivity contribution in [2.45, 2.75) is 0 Å². The van der Waals surface area contributed by atoms with Crippen LogP contribution in [0, 0.1) is 0 Å². The number of hydrogen-bond donors (Lipinski definition) is 0. The Labute approximate surface area is 81.1 Å². The SMILES string of the molecule is Clc1cnc2ccsc2c1Br. The maximum Gasteiger partial charge on any atom is 0.0822 e. The van der Waals surface area contributed by atoms with Gasteiger partial charge in [0.2, 0.25) is 0 Å². The Bertz CT molecular complexity index is 398. The van der Waals surface area contributed by atoms with Gasteiger partial charge >= 0.3 is 0 Å². The number of aromatic nitrogens is 1. The number of rotatable bonds is 0. The minimum absolute atomic E-state index is 0.667. The van der Waals surface area contributed by atoms with Crippen LogP contribution in [0.2, 0.25) is 5.02 Å². The van der Waals surface area contributed by atoms with Crippen molar-refractivity contribution in [2.75, 3.05) is 0 Å². The number of hydrogen-bond acceptors (Lipinski definition) is 2. The second-order valence-corrected chi connectivity index (χ2v) is 4.17. The standard InChI is InChI=1S/C7H3BrClNS/c8-6-4(9)3-10-5-1-2-11-7(5)6/h1-3H. The smallest absolute Gasteiger partial charge is 0.0822 e. The topological polar surface area (TPSA) is 12.9 Å². The van der Waals surface area contributed by atoms with E-state index in [1.807, 2.05) is 11.4 Å². The molecule has 0 saturated carbocycles. The summed E-state index contributed by atoms with van der Waals surface area (Å²) in [6.07, 6.45) is 1.65. The van der Waals surface area contributed by atoms with E-state index in [0.717, 1.165) is 14.7 Å². The van der Waals surface area contributed by atoms with Crippen LogP contribution in [0.5, 0.6) is 0 Å². The van der Waals surface area contributed by atoms with Gasteiger partial charge in [0.15, 0.2) is 0 Å². The molecule has 2 aromatic rings. The van der Waals surface area contributed by atoms with Gasteiger partial charge in [-0.2, -0.15) is 0 Å². The Balaban J connectivity index is 2.93. The number of pyridine rings is 1. The van der Waals surface area contributed by atoms with Gasteiger partial charge in [-0.3, -0.25) is 4.98 Å². The number of thiophene rings is 1. The van der Waals surface area contributed by atoms with E-state index < -0.39 is 0 Å². The molecule has 11 heavy (non-hydrogen) atoms. The highest BCUT2D eigenvalue weighted by molar-refractivity contribution is 9.10. The van der Waals surface area contributed by atoms with E-state index in [0.29, 0.717) is 5.02 Å². The summed E-state index contributed by atoms with van der Waals surface area (Å²) in [7, 11) is 0. The van der Waals surface area contributed by atoms with Crippen LogP contribution in [0.25, 0.3) is 10.2 Å². The molecular formula is C7H3BrClNS. The zero-order valence-electron chi connectivity index (χ0n) is 5.34. The highest BCUT2D eigenvalue weighted by Crippen LogP contribution is 2.32. The first-order valence-electron chi connectivity index (χ1n) is 2.96. The molecule has 0 aliphatic heterocycles. The highest BCUT2D eigenvalue weighted by atomic mass is 79.9. The molecule has 0 fully saturated rings. The van der Waals surface area contributed by atoms with Crippen molar-refractivity contribution in [3.63, 3.8) is 0 Å². The molecule has 2 heterocycles. The predicted molar refractivity (Wildman–Crippen MR) is 52.3 cm³/mol. The van der Waals surface area contributed by atoms with Crippen LogP contribution in [-0.2, 0) is 0 Å². The summed E-state index contributed by atoms with van der Waals surface area (Å²) in [4.78, 5) is 4.15. The van der Waals surface area contributed by atoms with Gasteiger partial charge in [0.1, 0.15) is 0 Å². The molecule has 0 unspecified atom stereocenters. The largest absolute Gasteiger partial charge is 0.254 e. The molecule has 0 N–H and O–H groups in total. The maximum absolute atomic E-state index is 5.84. The van der Waals surface area contributed by atoms with Crippen LogP contribution in [0.3, 0.4) is 0 Å². The molecule has 0 atom stereocenters. The first-order valence-corrected chi connectivity index (χ1v) is 5.01. The van der Waals surface area contributed by atoms with Gasteiger partial charge in [0.05, 0.1) is 19.7 Å². The summed E-state index contributed by atoms with van der Waals surface area (Å²) < 4.78 is 2.05. The molecule has 4 heteroatoms. The number of fused-ring (bicyclic) bond motifs is 1. The molecule has 0 spiro atoms. The van der Waals surface area contributed by atoms with Crippen LogP contribution >= 0.6 is 38.9 Å². The van der Waals surface area contributed by atoms with E-state index in [4.69, 9.17) is 11.6 Å². The summed E-state index contributed by atoms with van der Waals surface area (Å²) >= 11 is 10.9. The van der Waals surface area contributed by atoms with Gasteiger partial charge in [-0.25, -0.2) is 0 Å². The lowest BCUT2D eigenvalue weighted by atomic mass is 10.4. The molecule has 2 rings (SSSR count). The van der Waals surface area contributed by atoms with Gasteiger partial charge < -0.3 is 0 Å². The number of halogens is 2. The van der Waals surface area contributed by atoms with Gasteiger partial charge in [0.25, 0.3) is 0 Å². The van der Waals surface area contributed by atoms with E-state index in [9.17, 15) is 0 Å². The van der Waals surface area contributed by atoms with E-state index in [2.05, 4.69) is 20.9 Å². The Morgan fingerprint density at radius 3 is 3.18 bits per heavy atom. The van der Waals surface area contributed by atoms with Crippen LogP contribution < -0.4 is 0 Å². The third-order valence-corrected chi connectivity index (χ3v) is 3.89. The molecule has 0 radical (unpaired) electrons. The first kappa shape index (κ1) is 7.53. The predicted octanol–water partition coefficient (Wildman–Crippen LogP) is 3.71. The van der Waals surface area contributed by atoms with Crippen molar-refractivity contribution < 1.29 is 0 Å². The lowest BCUT2D eigenvalue weighted by molar-refractivity contribution is 1.42. The van der Waals surface area contributed by atoms with Crippen LogP contribution in [0.1, 0.15) is 0 Å². The molecule has 1 nitrogen and oxygen atoms in total. The van der Waals surface area contributed by atoms with Gasteiger partial charge in [-0.05, 0) is 27.4 Å². The Hall–Kier alpha value is -0.120. The van der Waals surface area contributed by atoms with E-state index in [1.165, 1.54) is 0 Å². The lowest BCUT2D eigenvalue weighted by Crippen LogP contribution is -1.74. The van der Waals surface area contributed by atoms with Crippen molar-refractivity contribution in [3.8, 4) is 0 Å². The fraction of sp³-hybridized carbons (Fsp3) is 0. The van der Waals surface area contributed by atoms with Crippen molar-refractivity contribution in [1.82, 2.24) is 4.98 Å². The summed E-state index contributed by atoms with van der Waals surface area (Å²) in [6.45, 7) is 0. The molecule has 2 aromatic heterocycles. The second-order valence-electron chi connectivity index (χ2n) is 2.06. The fourth-order valence-electron chi connectivity index (χ4n) is 0.860. The molecule has 0 bridgehead atoms. The average Bonchev–Trinajstić information content (AvgIpc) is 2.45. The molecular weight excluding hydrogens is 246 g/mol. The van der Waals surface area contributed by atoms with Gasteiger partial charge in [-0.1, -0.05) is 11.6 Å². The van der Waals surface area contributed by atoms with Crippen LogP contribution in [0.15, 0.2) is 22.1 Å². The maximum atomic E-state index is 5.84. The molecule has 56 valence electrons. The molecule has 0 saturated heterocycles. The minimum atomic E-state index is 0.667. The zero-order chi connectivity index (χ0) is 7.84. The van der Waals surface area contributed by atoms with E-state index >= 15 is 0 Å². The van der Waals surface area contributed by atoms with Crippen molar-refractivity contribution in [2.24, 2.45) is 0 Å². The van der Waals surface area contributed by atoms with Crippen molar-refractivity contribution in [1.29, 1.82) is 0 Å². The third kappa shape index (κ3) is 1.17. The second kappa shape index (κ2) is 2.73. The van der Waals surface area contributed by atoms with Crippen molar-refractivity contribution >= 4 is 49.1 Å². The lowest BCUT2D eigenvalue weighted by Gasteiger charge is -1.94. The van der Waals surface area contributed by atoms with Gasteiger partial charge in [0, 0.05) is 6.20 Å². The number of nitrogens with zero attached hydrogens (tertiary/aromatic N) is 1. The van der Waals surface area contributed by atoms with Crippen molar-refractivity contribution in [3.05, 3.63) is 27.1 Å². The van der Waals surface area contributed by atoms with Crippen LogP contribution in [0.4, 0.5) is 0 Å². The molecule has 0 amide bonds. The summed E-state index contributed by atoms with van der Waals surface area (Å²) in [5, 5.41) is 2.67. The Morgan fingerprint density at radius 1 is 1.55 bits per heavy atom. The van der Waals surface area contributed by atoms with E-state index in [1.54, 1.807) is 17.5 Å². The van der Waals surface area contributed by atoms with E-state index in [-0.39, 0.29) is 0 Å². The Morgan fingerprint density at radius 2 is 2.36 bits per heavy atom. The monoisotopic (exact) mass is 247 g/mol. The molecule has 0 aliphatic carbocycles. The molecule has 0 aromatic carbocycles. The first-order chi connectivity index (χ1) is 5.29. The summed E-state index contributed by atoms with van der Waals surface area (Å²) in [5.74, 6) is 0. The minimum Gasteiger partial charge on any atom is -0.254 e. The Kier molecular flexibility index (Phi) is 1.87. The normalized spacial score (nSPS) is 10.7. The zero-order valence-corrected chi connectivity index (χ0v) is 8.50. The van der Waals surface area contributed by atoms with Crippen LogP contribution in [-0.4, -0.2) is 4.98 Å². The molecule has 0 aliphatic rings. The average molecular weight is 249 g/mol. The summed E-state index contributed by atoms with van der Waals surface area (Å²) in [5.41, 5.74) is 0.992. The van der Waals surface area contributed by atoms with Gasteiger partial charge in [-0.15, -0.1) is 11.3 Å². The summed E-state index contributed by atoms with van der Waals surface area (Å²) in [6, 6.07) is 1.97.